The van der Waals surface area contributed by atoms with Crippen LogP contribution in [-0.4, -0.2) is 10.1 Å². The highest BCUT2D eigenvalue weighted by molar-refractivity contribution is 5.49. The first kappa shape index (κ1) is 12.6. The Kier molecular flexibility index (Phi) is 3.34. The van der Waals surface area contributed by atoms with E-state index < -0.39 is 6.10 Å². The molecule has 0 aliphatic heterocycles. The van der Waals surface area contributed by atoms with Gasteiger partial charge in [0.2, 0.25) is 0 Å². The van der Waals surface area contributed by atoms with E-state index in [0.29, 0.717) is 11.4 Å². The topological polar surface area (TPSA) is 59.1 Å². The number of anilines is 1. The van der Waals surface area contributed by atoms with Gasteiger partial charge in [0, 0.05) is 11.8 Å². The Bertz CT molecular complexity index is 558. The molecular weight excluding hydrogens is 224 g/mol. The lowest BCUT2D eigenvalue weighted by Crippen LogP contribution is -2.08. The Morgan fingerprint density at radius 2 is 1.78 bits per heavy atom. The molecule has 94 valence electrons. The zero-order valence-electron chi connectivity index (χ0n) is 10.9. The molecule has 0 fully saturated rings. The minimum atomic E-state index is -0.724. The molecule has 1 aromatic carbocycles. The van der Waals surface area contributed by atoms with E-state index in [2.05, 4.69) is 4.98 Å². The summed E-state index contributed by atoms with van der Waals surface area (Å²) in [5, 5.41) is 10.5. The number of hydrogen-bond acceptors (Lipinski definition) is 3. The average molecular weight is 242 g/mol. The van der Waals surface area contributed by atoms with Gasteiger partial charge in [0.25, 0.3) is 0 Å². The molecule has 0 saturated heterocycles. The molecule has 18 heavy (non-hydrogen) atoms. The standard InChI is InChI=1S/C15H18N2O/c1-9-7-12(15(16)17-8-9)14(18)13-10(2)5-4-6-11(13)3/h4-8,14,18H,1-3H3,(H2,16,17). The Balaban J connectivity index is 2.54. The lowest BCUT2D eigenvalue weighted by atomic mass is 9.93. The van der Waals surface area contributed by atoms with E-state index in [1.54, 1.807) is 6.20 Å². The first-order chi connectivity index (χ1) is 8.50. The SMILES string of the molecule is Cc1cnc(N)c(C(O)c2c(C)cccc2C)c1. The van der Waals surface area contributed by atoms with Gasteiger partial charge in [-0.05, 0) is 49.1 Å². The summed E-state index contributed by atoms with van der Waals surface area (Å²) in [5.74, 6) is 0.385. The molecule has 1 atom stereocenters. The van der Waals surface area contributed by atoms with Crippen LogP contribution in [0.15, 0.2) is 30.5 Å². The summed E-state index contributed by atoms with van der Waals surface area (Å²) < 4.78 is 0. The third-order valence-corrected chi connectivity index (χ3v) is 3.20. The van der Waals surface area contributed by atoms with Crippen molar-refractivity contribution in [1.29, 1.82) is 0 Å². The van der Waals surface area contributed by atoms with Crippen LogP contribution in [0.4, 0.5) is 5.82 Å². The van der Waals surface area contributed by atoms with Crippen molar-refractivity contribution >= 4 is 5.82 Å². The van der Waals surface area contributed by atoms with Gasteiger partial charge in [-0.1, -0.05) is 18.2 Å². The van der Waals surface area contributed by atoms with Gasteiger partial charge < -0.3 is 10.8 Å². The van der Waals surface area contributed by atoms with Gasteiger partial charge in [0.05, 0.1) is 0 Å². The number of aliphatic hydroxyl groups excluding tert-OH is 1. The third kappa shape index (κ3) is 2.22. The molecule has 0 aliphatic carbocycles. The monoisotopic (exact) mass is 242 g/mol. The number of aryl methyl sites for hydroxylation is 3. The van der Waals surface area contributed by atoms with Crippen molar-refractivity contribution in [3.8, 4) is 0 Å². The van der Waals surface area contributed by atoms with Crippen molar-refractivity contribution in [1.82, 2.24) is 4.98 Å². The average Bonchev–Trinajstić information content (AvgIpc) is 2.32. The van der Waals surface area contributed by atoms with Gasteiger partial charge in [-0.2, -0.15) is 0 Å². The summed E-state index contributed by atoms with van der Waals surface area (Å²) >= 11 is 0. The van der Waals surface area contributed by atoms with Crippen molar-refractivity contribution in [2.45, 2.75) is 26.9 Å². The minimum Gasteiger partial charge on any atom is -0.383 e. The van der Waals surface area contributed by atoms with Gasteiger partial charge in [-0.3, -0.25) is 0 Å². The fraction of sp³-hybridized carbons (Fsp3) is 0.267. The van der Waals surface area contributed by atoms with Gasteiger partial charge in [-0.15, -0.1) is 0 Å². The van der Waals surface area contributed by atoms with Crippen LogP contribution in [0.2, 0.25) is 0 Å². The number of nitrogen functional groups attached to an aromatic ring is 1. The third-order valence-electron chi connectivity index (χ3n) is 3.20. The van der Waals surface area contributed by atoms with E-state index in [1.165, 1.54) is 0 Å². The van der Waals surface area contributed by atoms with Gasteiger partial charge in [0.1, 0.15) is 11.9 Å². The molecule has 0 aliphatic rings. The lowest BCUT2D eigenvalue weighted by Gasteiger charge is -2.18. The first-order valence-corrected chi connectivity index (χ1v) is 5.97. The predicted octanol–water partition coefficient (Wildman–Crippen LogP) is 2.67. The van der Waals surface area contributed by atoms with Gasteiger partial charge >= 0.3 is 0 Å². The smallest absolute Gasteiger partial charge is 0.129 e. The van der Waals surface area contributed by atoms with E-state index in [4.69, 9.17) is 5.73 Å². The van der Waals surface area contributed by atoms with Crippen LogP contribution in [0.3, 0.4) is 0 Å². The number of pyridine rings is 1. The molecule has 3 N–H and O–H groups in total. The van der Waals surface area contributed by atoms with Crippen LogP contribution >= 0.6 is 0 Å². The van der Waals surface area contributed by atoms with E-state index in [1.807, 2.05) is 45.0 Å². The second-order valence-electron chi connectivity index (χ2n) is 4.70. The first-order valence-electron chi connectivity index (χ1n) is 5.97. The summed E-state index contributed by atoms with van der Waals surface area (Å²) in [7, 11) is 0. The van der Waals surface area contributed by atoms with Crippen LogP contribution in [-0.2, 0) is 0 Å². The van der Waals surface area contributed by atoms with Crippen molar-refractivity contribution in [2.24, 2.45) is 0 Å². The maximum Gasteiger partial charge on any atom is 0.129 e. The quantitative estimate of drug-likeness (QED) is 0.851. The molecule has 1 heterocycles. The van der Waals surface area contributed by atoms with Crippen molar-refractivity contribution in [3.63, 3.8) is 0 Å². The Morgan fingerprint density at radius 1 is 1.17 bits per heavy atom. The fourth-order valence-corrected chi connectivity index (χ4v) is 2.24. The number of rotatable bonds is 2. The second kappa shape index (κ2) is 4.78. The summed E-state index contributed by atoms with van der Waals surface area (Å²) in [6.45, 7) is 5.92. The summed E-state index contributed by atoms with van der Waals surface area (Å²) in [4.78, 5) is 4.10. The second-order valence-corrected chi connectivity index (χ2v) is 4.70. The molecule has 0 bridgehead atoms. The predicted molar refractivity (Wildman–Crippen MR) is 73.4 cm³/mol. The van der Waals surface area contributed by atoms with E-state index >= 15 is 0 Å². The molecule has 1 aromatic heterocycles. The molecule has 0 spiro atoms. The van der Waals surface area contributed by atoms with Crippen molar-refractivity contribution < 1.29 is 5.11 Å². The zero-order valence-corrected chi connectivity index (χ0v) is 10.9. The number of hydrogen-bond donors (Lipinski definition) is 2. The Morgan fingerprint density at radius 3 is 2.39 bits per heavy atom. The highest BCUT2D eigenvalue weighted by Gasteiger charge is 2.18. The summed E-state index contributed by atoms with van der Waals surface area (Å²) in [6, 6.07) is 7.85. The number of aliphatic hydroxyl groups is 1. The molecule has 3 heteroatoms. The van der Waals surface area contributed by atoms with Crippen LogP contribution in [0.25, 0.3) is 0 Å². The number of nitrogens with zero attached hydrogens (tertiary/aromatic N) is 1. The highest BCUT2D eigenvalue weighted by Crippen LogP contribution is 2.30. The van der Waals surface area contributed by atoms with Crippen LogP contribution in [0, 0.1) is 20.8 Å². The Labute approximate surface area is 107 Å². The minimum absolute atomic E-state index is 0.385. The Hall–Kier alpha value is -1.87. The van der Waals surface area contributed by atoms with Crippen LogP contribution < -0.4 is 5.73 Å². The highest BCUT2D eigenvalue weighted by atomic mass is 16.3. The largest absolute Gasteiger partial charge is 0.383 e. The molecule has 3 nitrogen and oxygen atoms in total. The number of aromatic nitrogens is 1. The molecule has 2 aromatic rings. The summed E-state index contributed by atoms with van der Waals surface area (Å²) in [6.07, 6.45) is 0.981. The molecule has 2 rings (SSSR count). The molecular formula is C15H18N2O. The van der Waals surface area contributed by atoms with Gasteiger partial charge in [-0.25, -0.2) is 4.98 Å². The van der Waals surface area contributed by atoms with E-state index in [-0.39, 0.29) is 0 Å². The lowest BCUT2D eigenvalue weighted by molar-refractivity contribution is 0.219. The van der Waals surface area contributed by atoms with Crippen molar-refractivity contribution in [3.05, 3.63) is 58.3 Å². The maximum atomic E-state index is 10.5. The van der Waals surface area contributed by atoms with E-state index in [9.17, 15) is 5.11 Å². The molecule has 0 radical (unpaired) electrons. The zero-order chi connectivity index (χ0) is 13.3. The van der Waals surface area contributed by atoms with Gasteiger partial charge in [0.15, 0.2) is 0 Å². The number of benzene rings is 1. The fourth-order valence-electron chi connectivity index (χ4n) is 2.24. The molecule has 1 unspecified atom stereocenters. The van der Waals surface area contributed by atoms with Crippen LogP contribution in [0.1, 0.15) is 33.9 Å². The molecule has 0 amide bonds. The summed E-state index contributed by atoms with van der Waals surface area (Å²) in [5.41, 5.74) is 10.6. The van der Waals surface area contributed by atoms with Crippen molar-refractivity contribution in [2.75, 3.05) is 5.73 Å². The molecule has 0 saturated carbocycles. The normalized spacial score (nSPS) is 12.4. The van der Waals surface area contributed by atoms with E-state index in [0.717, 1.165) is 22.3 Å². The van der Waals surface area contributed by atoms with Crippen LogP contribution in [0.5, 0.6) is 0 Å². The maximum absolute atomic E-state index is 10.5. The number of nitrogens with two attached hydrogens (primary N) is 1.